The Labute approximate surface area is 75.3 Å². The molecular weight excluding hydrogens is 164 g/mol. The summed E-state index contributed by atoms with van der Waals surface area (Å²) in [5.74, 6) is 0. The molecule has 0 radical (unpaired) electrons. The molecule has 2 rings (SSSR count). The van der Waals surface area contributed by atoms with Crippen molar-refractivity contribution in [2.24, 2.45) is 0 Å². The fourth-order valence-electron chi connectivity index (χ4n) is 1.22. The largest absolute Gasteiger partial charge is 0.625 e. The molecule has 1 aromatic heterocycles. The maximum Gasteiger partial charge on any atom is 0.198 e. The van der Waals surface area contributed by atoms with Crippen molar-refractivity contribution < 1.29 is 5.16 Å². The highest BCUT2D eigenvalue weighted by Gasteiger charge is 1.95. The first-order valence-corrected chi connectivity index (χ1v) is 3.97. The van der Waals surface area contributed by atoms with Crippen LogP contribution in [-0.4, -0.2) is 11.2 Å². The average molecular weight is 172 g/mol. The molecule has 2 aromatic rings. The predicted octanol–water partition coefficient (Wildman–Crippen LogP) is 0.232. The molecule has 0 saturated heterocycles. The zero-order chi connectivity index (χ0) is 9.10. The van der Waals surface area contributed by atoms with Crippen LogP contribution >= 0.6 is 0 Å². The van der Waals surface area contributed by atoms with Gasteiger partial charge in [0, 0.05) is 5.39 Å². The lowest BCUT2D eigenvalue weighted by Gasteiger charge is -1.95. The molecule has 0 aliphatic rings. The molecular formula is C10H8N2O. The Bertz CT molecular complexity index is 451. The van der Waals surface area contributed by atoms with E-state index in [9.17, 15) is 5.21 Å². The first-order chi connectivity index (χ1) is 6.40. The minimum atomic E-state index is 0.647. The second-order valence-corrected chi connectivity index (χ2v) is 2.69. The summed E-state index contributed by atoms with van der Waals surface area (Å²) in [7, 11) is 0. The van der Waals surface area contributed by atoms with Crippen molar-refractivity contribution >= 4 is 17.1 Å². The summed E-state index contributed by atoms with van der Waals surface area (Å²) in [5, 5.41) is 12.9. The summed E-state index contributed by atoms with van der Waals surface area (Å²) in [6.07, 6.45) is 1.33. The number of pyridine rings is 1. The normalized spacial score (nSPS) is 11.1. The van der Waals surface area contributed by atoms with Crippen molar-refractivity contribution in [3.8, 4) is 0 Å². The fraction of sp³-hybridized carbons (Fsp3) is 0. The number of para-hydroxylation sites is 1. The van der Waals surface area contributed by atoms with Crippen LogP contribution in [0, 0.1) is 5.21 Å². The molecule has 3 nitrogen and oxygen atoms in total. The highest BCUT2D eigenvalue weighted by molar-refractivity contribution is 5.83. The standard InChI is InChI=1S/C10H8N2O/c13-11-7-9-6-5-8-3-1-2-4-10(8)12-9/h1-7,11H. The third-order valence-electron chi connectivity index (χ3n) is 1.83. The van der Waals surface area contributed by atoms with E-state index in [1.807, 2.05) is 30.3 Å². The van der Waals surface area contributed by atoms with Gasteiger partial charge in [-0.25, -0.2) is 10.1 Å². The summed E-state index contributed by atoms with van der Waals surface area (Å²) in [4.78, 5) is 4.25. The number of nitrogens with zero attached hydrogens (tertiary/aromatic N) is 1. The van der Waals surface area contributed by atoms with Crippen molar-refractivity contribution in [1.29, 1.82) is 0 Å². The number of benzene rings is 1. The molecule has 0 atom stereocenters. The zero-order valence-electron chi connectivity index (χ0n) is 6.90. The van der Waals surface area contributed by atoms with E-state index in [1.54, 1.807) is 11.2 Å². The molecule has 0 aliphatic heterocycles. The minimum absolute atomic E-state index is 0.647. The Kier molecular flexibility index (Phi) is 1.92. The van der Waals surface area contributed by atoms with Gasteiger partial charge in [0.1, 0.15) is 5.69 Å². The van der Waals surface area contributed by atoms with Gasteiger partial charge in [0.15, 0.2) is 6.21 Å². The van der Waals surface area contributed by atoms with Gasteiger partial charge in [0.2, 0.25) is 0 Å². The van der Waals surface area contributed by atoms with E-state index >= 15 is 0 Å². The van der Waals surface area contributed by atoms with Crippen LogP contribution in [0.2, 0.25) is 0 Å². The third-order valence-corrected chi connectivity index (χ3v) is 1.83. The fourth-order valence-corrected chi connectivity index (χ4v) is 1.22. The van der Waals surface area contributed by atoms with Crippen molar-refractivity contribution in [2.75, 3.05) is 0 Å². The first-order valence-electron chi connectivity index (χ1n) is 3.97. The van der Waals surface area contributed by atoms with Gasteiger partial charge in [-0.2, -0.15) is 0 Å². The average Bonchev–Trinajstić information content (AvgIpc) is 2.18. The molecule has 0 fully saturated rings. The van der Waals surface area contributed by atoms with Crippen LogP contribution in [0.3, 0.4) is 0 Å². The van der Waals surface area contributed by atoms with Gasteiger partial charge in [-0.3, -0.25) is 0 Å². The van der Waals surface area contributed by atoms with Gasteiger partial charge in [0.05, 0.1) is 5.52 Å². The van der Waals surface area contributed by atoms with E-state index in [2.05, 4.69) is 4.98 Å². The van der Waals surface area contributed by atoms with Crippen molar-refractivity contribution in [2.45, 2.75) is 0 Å². The Hall–Kier alpha value is -1.90. The van der Waals surface area contributed by atoms with Crippen LogP contribution in [0.5, 0.6) is 0 Å². The smallest absolute Gasteiger partial charge is 0.198 e. The second-order valence-electron chi connectivity index (χ2n) is 2.69. The number of hydrogen-bond acceptors (Lipinski definition) is 2. The van der Waals surface area contributed by atoms with Crippen LogP contribution in [0.4, 0.5) is 0 Å². The molecule has 0 spiro atoms. The van der Waals surface area contributed by atoms with Gasteiger partial charge >= 0.3 is 0 Å². The molecule has 0 amide bonds. The lowest BCUT2D eigenvalue weighted by Crippen LogP contribution is -2.60. The summed E-state index contributed by atoms with van der Waals surface area (Å²) in [6, 6.07) is 11.5. The lowest BCUT2D eigenvalue weighted by molar-refractivity contribution is -0.366. The Balaban J connectivity index is 2.62. The van der Waals surface area contributed by atoms with Gasteiger partial charge in [-0.1, -0.05) is 24.3 Å². The second kappa shape index (κ2) is 3.23. The minimum Gasteiger partial charge on any atom is -0.625 e. The van der Waals surface area contributed by atoms with E-state index in [0.717, 1.165) is 10.9 Å². The molecule has 64 valence electrons. The molecule has 1 N–H and O–H groups in total. The van der Waals surface area contributed by atoms with Crippen LogP contribution in [0.25, 0.3) is 10.9 Å². The molecule has 0 saturated carbocycles. The maximum atomic E-state index is 10.1. The van der Waals surface area contributed by atoms with E-state index in [-0.39, 0.29) is 0 Å². The predicted molar refractivity (Wildman–Crippen MR) is 51.2 cm³/mol. The highest BCUT2D eigenvalue weighted by Crippen LogP contribution is 2.10. The maximum absolute atomic E-state index is 10.1. The van der Waals surface area contributed by atoms with Crippen LogP contribution in [0.1, 0.15) is 5.69 Å². The number of nitrogens with one attached hydrogen (secondary N) is 1. The third kappa shape index (κ3) is 1.49. The summed E-state index contributed by atoms with van der Waals surface area (Å²) in [5.41, 5.74) is 1.54. The molecule has 0 unspecified atom stereocenters. The topological polar surface area (TPSA) is 49.9 Å². The Morgan fingerprint density at radius 1 is 1.15 bits per heavy atom. The van der Waals surface area contributed by atoms with E-state index in [1.165, 1.54) is 6.21 Å². The van der Waals surface area contributed by atoms with Gasteiger partial charge in [-0.05, 0) is 12.1 Å². The number of aromatic nitrogens is 1. The molecule has 0 aliphatic carbocycles. The zero-order valence-corrected chi connectivity index (χ0v) is 6.90. The van der Waals surface area contributed by atoms with Crippen LogP contribution < -0.4 is 5.16 Å². The quantitative estimate of drug-likeness (QED) is 0.380. The summed E-state index contributed by atoms with van der Waals surface area (Å²) < 4.78 is 0. The molecule has 1 heterocycles. The van der Waals surface area contributed by atoms with E-state index < -0.39 is 0 Å². The van der Waals surface area contributed by atoms with Crippen molar-refractivity contribution in [3.63, 3.8) is 0 Å². The Morgan fingerprint density at radius 2 is 2.00 bits per heavy atom. The summed E-state index contributed by atoms with van der Waals surface area (Å²) in [6.45, 7) is 0. The molecule has 3 heteroatoms. The van der Waals surface area contributed by atoms with E-state index in [4.69, 9.17) is 0 Å². The van der Waals surface area contributed by atoms with Crippen LogP contribution in [-0.2, 0) is 0 Å². The first kappa shape index (κ1) is 7.73. The molecule has 0 bridgehead atoms. The Morgan fingerprint density at radius 3 is 2.85 bits per heavy atom. The number of fused-ring (bicyclic) bond motifs is 1. The van der Waals surface area contributed by atoms with Crippen molar-refractivity contribution in [1.82, 2.24) is 4.98 Å². The van der Waals surface area contributed by atoms with E-state index in [0.29, 0.717) is 5.69 Å². The van der Waals surface area contributed by atoms with Gasteiger partial charge in [0.25, 0.3) is 0 Å². The number of hydrogen-bond donors (Lipinski definition) is 1. The van der Waals surface area contributed by atoms with Gasteiger partial charge < -0.3 is 5.21 Å². The number of rotatable bonds is 1. The lowest BCUT2D eigenvalue weighted by atomic mass is 10.2. The van der Waals surface area contributed by atoms with Crippen molar-refractivity contribution in [3.05, 3.63) is 47.3 Å². The molecule has 13 heavy (non-hydrogen) atoms. The van der Waals surface area contributed by atoms with Gasteiger partial charge in [-0.15, -0.1) is 0 Å². The highest BCUT2D eigenvalue weighted by atomic mass is 16.4. The van der Waals surface area contributed by atoms with Crippen LogP contribution in [0.15, 0.2) is 36.4 Å². The molecule has 1 aromatic carbocycles. The SMILES string of the molecule is [O-][NH+]=Cc1ccc2ccccc2n1. The monoisotopic (exact) mass is 172 g/mol. The summed E-state index contributed by atoms with van der Waals surface area (Å²) >= 11 is 0.